The quantitative estimate of drug-likeness (QED) is 0.631. The first-order valence-electron chi connectivity index (χ1n) is 11.2. The molecule has 2 saturated heterocycles. The molecule has 0 atom stereocenters. The summed E-state index contributed by atoms with van der Waals surface area (Å²) in [4.78, 5) is 13.4. The molecule has 9 nitrogen and oxygen atoms in total. The van der Waals surface area contributed by atoms with Crippen molar-refractivity contribution < 1.29 is 21.6 Å². The highest BCUT2D eigenvalue weighted by Gasteiger charge is 2.34. The third-order valence-electron chi connectivity index (χ3n) is 6.54. The Kier molecular flexibility index (Phi) is 6.51. The fraction of sp³-hybridized carbons (Fsp3) is 0.545. The number of hydrogen-bond donors (Lipinski definition) is 0. The molecule has 11 heteroatoms. The number of hydrogen-bond acceptors (Lipinski definition) is 6. The molecule has 0 aliphatic carbocycles. The van der Waals surface area contributed by atoms with Crippen molar-refractivity contribution in [3.8, 4) is 0 Å². The summed E-state index contributed by atoms with van der Waals surface area (Å²) in [6.45, 7) is 7.04. The second-order valence-corrected chi connectivity index (χ2v) is 12.8. The summed E-state index contributed by atoms with van der Waals surface area (Å²) in [6.07, 6.45) is 3.22. The van der Waals surface area contributed by atoms with Crippen LogP contribution in [0, 0.1) is 19.8 Å². The number of carbonyl (C=O) groups is 1. The zero-order valence-corrected chi connectivity index (χ0v) is 20.8. The van der Waals surface area contributed by atoms with Gasteiger partial charge in [-0.15, -0.1) is 0 Å². The van der Waals surface area contributed by atoms with Gasteiger partial charge in [0.2, 0.25) is 20.0 Å². The van der Waals surface area contributed by atoms with Crippen LogP contribution in [0.4, 0.5) is 0 Å². The molecule has 3 heterocycles. The predicted molar refractivity (Wildman–Crippen MR) is 123 cm³/mol. The van der Waals surface area contributed by atoms with Gasteiger partial charge < -0.3 is 0 Å². The highest BCUT2D eigenvalue weighted by molar-refractivity contribution is 7.89. The van der Waals surface area contributed by atoms with Gasteiger partial charge in [-0.2, -0.15) is 18.4 Å². The van der Waals surface area contributed by atoms with Crippen LogP contribution in [0.5, 0.6) is 0 Å². The van der Waals surface area contributed by atoms with E-state index in [9.17, 15) is 21.6 Å². The Hall–Kier alpha value is -2.08. The summed E-state index contributed by atoms with van der Waals surface area (Å²) in [7, 11) is -7.47. The Morgan fingerprint density at radius 1 is 0.939 bits per heavy atom. The third kappa shape index (κ3) is 4.39. The molecule has 0 spiro atoms. The summed E-state index contributed by atoms with van der Waals surface area (Å²) in [5.74, 6) is -0.0794. The van der Waals surface area contributed by atoms with Crippen molar-refractivity contribution >= 4 is 26.0 Å². The van der Waals surface area contributed by atoms with E-state index >= 15 is 0 Å². The Balaban J connectivity index is 1.66. The van der Waals surface area contributed by atoms with E-state index in [2.05, 4.69) is 12.0 Å². The lowest BCUT2D eigenvalue weighted by Gasteiger charge is -2.29. The van der Waals surface area contributed by atoms with E-state index < -0.39 is 26.0 Å². The molecule has 4 rings (SSSR count). The van der Waals surface area contributed by atoms with E-state index in [1.807, 2.05) is 0 Å². The van der Waals surface area contributed by atoms with Gasteiger partial charge in [0.15, 0.2) is 0 Å². The van der Waals surface area contributed by atoms with Gasteiger partial charge >= 0.3 is 0 Å². The lowest BCUT2D eigenvalue weighted by atomic mass is 10.0. The molecule has 2 aromatic rings. The van der Waals surface area contributed by atoms with Gasteiger partial charge in [0.25, 0.3) is 5.91 Å². The van der Waals surface area contributed by atoms with E-state index in [0.717, 1.165) is 30.4 Å². The molecule has 1 aromatic carbocycles. The van der Waals surface area contributed by atoms with Crippen LogP contribution in [0.1, 0.15) is 54.4 Å². The van der Waals surface area contributed by atoms with Crippen LogP contribution in [0.3, 0.4) is 0 Å². The third-order valence-corrected chi connectivity index (χ3v) is 10.6. The van der Waals surface area contributed by atoms with Crippen molar-refractivity contribution in [2.75, 3.05) is 26.2 Å². The van der Waals surface area contributed by atoms with Gasteiger partial charge in [0.1, 0.15) is 4.90 Å². The lowest BCUT2D eigenvalue weighted by molar-refractivity contribution is 0.0942. The molecule has 0 radical (unpaired) electrons. The van der Waals surface area contributed by atoms with E-state index in [-0.39, 0.29) is 26.7 Å². The molecule has 0 amide bonds. The van der Waals surface area contributed by atoms with Gasteiger partial charge in [0.05, 0.1) is 16.3 Å². The van der Waals surface area contributed by atoms with Crippen LogP contribution in [0.25, 0.3) is 0 Å². The van der Waals surface area contributed by atoms with Crippen molar-refractivity contribution in [3.05, 3.63) is 41.2 Å². The maximum atomic E-state index is 13.3. The average molecular weight is 495 g/mol. The Bertz CT molecular complexity index is 1270. The summed E-state index contributed by atoms with van der Waals surface area (Å²) >= 11 is 0. The number of benzene rings is 1. The fourth-order valence-corrected chi connectivity index (χ4v) is 7.93. The second kappa shape index (κ2) is 8.94. The molecule has 2 aliphatic heterocycles. The molecular formula is C22H30N4O5S2. The molecule has 0 saturated carbocycles. The highest BCUT2D eigenvalue weighted by atomic mass is 32.2. The van der Waals surface area contributed by atoms with Crippen molar-refractivity contribution in [1.82, 2.24) is 18.4 Å². The Labute approximate surface area is 195 Å². The number of piperidine rings is 1. The maximum Gasteiger partial charge on any atom is 0.278 e. The fourth-order valence-electron chi connectivity index (χ4n) is 4.54. The van der Waals surface area contributed by atoms with Crippen molar-refractivity contribution in [3.63, 3.8) is 0 Å². The van der Waals surface area contributed by atoms with Gasteiger partial charge in [-0.05, 0) is 63.6 Å². The number of carbonyl (C=O) groups excluding carboxylic acids is 1. The molecule has 2 aliphatic rings. The summed E-state index contributed by atoms with van der Waals surface area (Å²) in [6, 6.07) is 5.88. The monoisotopic (exact) mass is 494 g/mol. The topological polar surface area (TPSA) is 110 Å². The lowest BCUT2D eigenvalue weighted by Crippen LogP contribution is -2.37. The standard InChI is InChI=1S/C22H30N4O5S2/c1-16-9-13-25(14-10-16)32(28,29)20-8-6-7-19(15-20)22(27)26-18(3)21(17(2)23-26)33(30,31)24-11-4-5-12-24/h6-8,15-16H,4-5,9-14H2,1-3H3. The normalized spacial score (nSPS) is 19.2. The predicted octanol–water partition coefficient (Wildman–Crippen LogP) is 2.39. The van der Waals surface area contributed by atoms with E-state index in [4.69, 9.17) is 0 Å². The average Bonchev–Trinajstić information content (AvgIpc) is 3.42. The van der Waals surface area contributed by atoms with Gasteiger partial charge in [-0.25, -0.2) is 16.8 Å². The number of rotatable bonds is 5. The molecule has 0 unspecified atom stereocenters. The number of sulfonamides is 2. The van der Waals surface area contributed by atoms with Crippen LogP contribution in [0.15, 0.2) is 34.1 Å². The van der Waals surface area contributed by atoms with Crippen LogP contribution in [-0.4, -0.2) is 67.3 Å². The zero-order chi connectivity index (χ0) is 24.0. The molecule has 180 valence electrons. The minimum absolute atomic E-state index is 0.0453. The van der Waals surface area contributed by atoms with Crippen LogP contribution in [0.2, 0.25) is 0 Å². The maximum absolute atomic E-state index is 13.3. The second-order valence-electron chi connectivity index (χ2n) is 8.94. The van der Waals surface area contributed by atoms with E-state index in [1.54, 1.807) is 13.8 Å². The highest BCUT2D eigenvalue weighted by Crippen LogP contribution is 2.28. The summed E-state index contributed by atoms with van der Waals surface area (Å²) in [5, 5.41) is 4.22. The minimum Gasteiger partial charge on any atom is -0.267 e. The largest absolute Gasteiger partial charge is 0.278 e. The summed E-state index contributed by atoms with van der Waals surface area (Å²) in [5.41, 5.74) is 0.610. The van der Waals surface area contributed by atoms with Crippen LogP contribution < -0.4 is 0 Å². The van der Waals surface area contributed by atoms with Crippen molar-refractivity contribution in [2.24, 2.45) is 5.92 Å². The van der Waals surface area contributed by atoms with Gasteiger partial charge in [0, 0.05) is 31.7 Å². The van der Waals surface area contributed by atoms with Crippen molar-refractivity contribution in [2.45, 2.75) is 56.2 Å². The van der Waals surface area contributed by atoms with Gasteiger partial charge in [-0.3, -0.25) is 4.79 Å². The number of aromatic nitrogens is 2. The number of aryl methyl sites for hydroxylation is 1. The first kappa shape index (κ1) is 24.1. The molecule has 0 bridgehead atoms. The molecule has 2 fully saturated rings. The minimum atomic E-state index is -3.75. The van der Waals surface area contributed by atoms with Crippen LogP contribution >= 0.6 is 0 Å². The first-order valence-corrected chi connectivity index (χ1v) is 14.1. The number of nitrogens with zero attached hydrogens (tertiary/aromatic N) is 4. The zero-order valence-electron chi connectivity index (χ0n) is 19.2. The molecular weight excluding hydrogens is 464 g/mol. The van der Waals surface area contributed by atoms with Crippen molar-refractivity contribution in [1.29, 1.82) is 0 Å². The first-order chi connectivity index (χ1) is 15.5. The molecule has 33 heavy (non-hydrogen) atoms. The van der Waals surface area contributed by atoms with Gasteiger partial charge in [-0.1, -0.05) is 13.0 Å². The SMILES string of the molecule is Cc1nn(C(=O)c2cccc(S(=O)(=O)N3CCC(C)CC3)c2)c(C)c1S(=O)(=O)N1CCCC1. The van der Waals surface area contributed by atoms with Crippen LogP contribution in [-0.2, 0) is 20.0 Å². The molecule has 0 N–H and O–H groups in total. The van der Waals surface area contributed by atoms with E-state index in [0.29, 0.717) is 32.1 Å². The molecule has 1 aromatic heterocycles. The smallest absolute Gasteiger partial charge is 0.267 e. The Morgan fingerprint density at radius 3 is 2.18 bits per heavy atom. The summed E-state index contributed by atoms with van der Waals surface area (Å²) < 4.78 is 56.4. The Morgan fingerprint density at radius 2 is 1.55 bits per heavy atom. The van der Waals surface area contributed by atoms with E-state index in [1.165, 1.54) is 32.9 Å².